The van der Waals surface area contributed by atoms with Crippen molar-refractivity contribution in [1.82, 2.24) is 0 Å². The highest BCUT2D eigenvalue weighted by Gasteiger charge is 2.12. The minimum absolute atomic E-state index is 0. The van der Waals surface area contributed by atoms with E-state index in [0.717, 1.165) is 0 Å². The molecule has 0 aliphatic heterocycles. The first-order valence-electron chi connectivity index (χ1n) is 1.26. The van der Waals surface area contributed by atoms with Crippen LogP contribution in [0, 0.1) is 0 Å². The van der Waals surface area contributed by atoms with E-state index in [9.17, 15) is 0 Å². The predicted octanol–water partition coefficient (Wildman–Crippen LogP) is -15.1. The summed E-state index contributed by atoms with van der Waals surface area (Å²) in [6.07, 6.45) is 0. The zero-order chi connectivity index (χ0) is 9.00. The highest BCUT2D eigenvalue weighted by molar-refractivity contribution is 2.16. The van der Waals surface area contributed by atoms with Crippen LogP contribution in [-0.4, -0.2) is 12.3 Å². The molecule has 0 aromatic rings. The van der Waals surface area contributed by atoms with Crippen molar-refractivity contribution < 1.29 is 73.2 Å². The number of hydrogen-bond acceptors (Lipinski definition) is 8. The van der Waals surface area contributed by atoms with Crippen LogP contribution in [-0.2, 0) is 0 Å². The van der Waals surface area contributed by atoms with E-state index in [0.29, 0.717) is 0 Å². The fraction of sp³-hybridized carbons (Fsp3) is 0. The Hall–Kier alpha value is 1.10. The molecule has 0 radical (unpaired) electrons. The first-order chi connectivity index (χ1) is 4.00. The first kappa shape index (κ1) is 18.0. The zero-order valence-electron chi connectivity index (χ0n) is 4.60. The van der Waals surface area contributed by atoms with Gasteiger partial charge in [-0.1, -0.05) is 0 Å². The van der Waals surface area contributed by atoms with E-state index < -0.39 is 40.2 Å². The molecule has 0 fully saturated rings. The van der Waals surface area contributed by atoms with Crippen molar-refractivity contribution in [3.8, 4) is 0 Å². The molecule has 11 heavy (non-hydrogen) atoms. The van der Waals surface area contributed by atoms with Gasteiger partial charge in [-0.25, -0.2) is 0 Å². The highest BCUT2D eigenvalue weighted by atomic mass is 127. The van der Waals surface area contributed by atoms with E-state index in [1.54, 1.807) is 0 Å². The third-order valence-corrected chi connectivity index (χ3v) is 0. The summed E-state index contributed by atoms with van der Waals surface area (Å²) in [6, 6.07) is 0. The molecule has 0 aromatic carbocycles. The number of hydrogen-bond donors (Lipinski definition) is 2. The van der Waals surface area contributed by atoms with Gasteiger partial charge in [0.05, 0.1) is 0 Å². The monoisotopic (exact) mass is 402 g/mol. The van der Waals surface area contributed by atoms with Crippen molar-refractivity contribution in [1.29, 1.82) is 0 Å². The molecule has 0 aromatic heterocycles. The standard InChI is InChI=1S/2HIO4.H2O/c2*2-1(3,4)5;/h2*2H;1H2. The maximum atomic E-state index is 8.73. The molecule has 0 aliphatic carbocycles. The van der Waals surface area contributed by atoms with Crippen LogP contribution >= 0.6 is 0 Å². The SMILES string of the molecule is O.[O-][I+3]([O-])([O-])O.[O-][I+3]([O-])([O-])O. The second-order valence-electron chi connectivity index (χ2n) is 0.792. The minimum Gasteiger partial charge on any atom is -0.412 e. The van der Waals surface area contributed by atoms with Crippen molar-refractivity contribution in [3.63, 3.8) is 0 Å². The summed E-state index contributed by atoms with van der Waals surface area (Å²) in [7, 11) is 0. The third kappa shape index (κ3) is 760. The molecule has 4 N–H and O–H groups in total. The fourth-order valence-electron chi connectivity index (χ4n) is 0. The van der Waals surface area contributed by atoms with Crippen LogP contribution in [0.2, 0.25) is 0 Å². The molecule has 0 aliphatic rings. The number of halogens is 2. The van der Waals surface area contributed by atoms with Crippen LogP contribution in [0.3, 0.4) is 0 Å². The summed E-state index contributed by atoms with van der Waals surface area (Å²) in [4.78, 5) is 0. The van der Waals surface area contributed by atoms with E-state index in [-0.39, 0.29) is 5.48 Å². The van der Waals surface area contributed by atoms with Gasteiger partial charge in [0.2, 0.25) is 0 Å². The maximum absolute atomic E-state index is 8.73. The lowest BCUT2D eigenvalue weighted by molar-refractivity contribution is -1.92. The van der Waals surface area contributed by atoms with Crippen LogP contribution < -0.4 is 60.8 Å². The van der Waals surface area contributed by atoms with Gasteiger partial charge in [-0.05, 0) is 0 Å². The molecule has 11 heteroatoms. The highest BCUT2D eigenvalue weighted by Crippen LogP contribution is 0.393. The van der Waals surface area contributed by atoms with Gasteiger partial charge in [0.25, 0.3) is 0 Å². The second kappa shape index (κ2) is 6.60. The summed E-state index contributed by atoms with van der Waals surface area (Å²) in [6.45, 7) is 0. The molecule has 0 unspecified atom stereocenters. The van der Waals surface area contributed by atoms with Crippen molar-refractivity contribution in [3.05, 3.63) is 0 Å². The first-order valence-corrected chi connectivity index (χ1v) is 8.48. The van der Waals surface area contributed by atoms with Gasteiger partial charge >= 0.3 is 40.2 Å². The van der Waals surface area contributed by atoms with Crippen molar-refractivity contribution in [2.45, 2.75) is 0 Å². The van der Waals surface area contributed by atoms with E-state index in [4.69, 9.17) is 27.5 Å². The Bertz CT molecular complexity index is 50.5. The molecular weight excluding hydrogens is 398 g/mol. The molecule has 0 rings (SSSR count). The average molecular weight is 402 g/mol. The Morgan fingerprint density at radius 2 is 0.636 bits per heavy atom. The molecule has 0 amide bonds. The average Bonchev–Trinajstić information content (AvgIpc) is 1.12. The van der Waals surface area contributed by atoms with Gasteiger partial charge in [0, 0.05) is 6.87 Å². The number of rotatable bonds is 0. The smallest absolute Gasteiger partial charge is 0.368 e. The van der Waals surface area contributed by atoms with E-state index in [2.05, 4.69) is 0 Å². The Morgan fingerprint density at radius 1 is 0.636 bits per heavy atom. The molecule has 0 saturated heterocycles. The van der Waals surface area contributed by atoms with Gasteiger partial charge in [-0.15, -0.1) is 0 Å². The summed E-state index contributed by atoms with van der Waals surface area (Å²) in [5.74, 6) is 0. The van der Waals surface area contributed by atoms with Crippen molar-refractivity contribution in [2.75, 3.05) is 0 Å². The summed E-state index contributed by atoms with van der Waals surface area (Å²) in [5.41, 5.74) is 0. The van der Waals surface area contributed by atoms with Crippen LogP contribution in [0.5, 0.6) is 0 Å². The van der Waals surface area contributed by atoms with Crippen LogP contribution in [0.1, 0.15) is 0 Å². The Labute approximate surface area is 72.9 Å². The zero-order valence-corrected chi connectivity index (χ0v) is 8.91. The van der Waals surface area contributed by atoms with Gasteiger partial charge < -0.3 is 5.48 Å². The van der Waals surface area contributed by atoms with Crippen LogP contribution in [0.15, 0.2) is 0 Å². The second-order valence-corrected chi connectivity index (χ2v) is 5.31. The predicted molar refractivity (Wildman–Crippen MR) is 8.05 cm³/mol. The molecule has 0 bridgehead atoms. The van der Waals surface area contributed by atoms with Crippen LogP contribution in [0.25, 0.3) is 0 Å². The van der Waals surface area contributed by atoms with E-state index in [1.807, 2.05) is 0 Å². The summed E-state index contributed by atoms with van der Waals surface area (Å²) >= 11 is -11.4. The lowest BCUT2D eigenvalue weighted by atomic mass is 16.0. The largest absolute Gasteiger partial charge is 0.412 e. The summed E-state index contributed by atoms with van der Waals surface area (Å²) < 4.78 is 66.4. The summed E-state index contributed by atoms with van der Waals surface area (Å²) in [5, 5.41) is 0. The Morgan fingerprint density at radius 3 is 0.636 bits per heavy atom. The lowest BCUT2D eigenvalue weighted by Crippen LogP contribution is -4.23. The normalized spacial score (nSPS) is 10.9. The minimum atomic E-state index is -5.69. The van der Waals surface area contributed by atoms with E-state index in [1.165, 1.54) is 0 Å². The Kier molecular flexibility index (Phi) is 10.8. The maximum Gasteiger partial charge on any atom is 0.368 e. The molecule has 9 nitrogen and oxygen atoms in total. The molecule has 0 saturated carbocycles. The fourth-order valence-corrected chi connectivity index (χ4v) is 0. The van der Waals surface area contributed by atoms with Crippen molar-refractivity contribution in [2.24, 2.45) is 0 Å². The molecule has 72 valence electrons. The van der Waals surface area contributed by atoms with Crippen molar-refractivity contribution >= 4 is 0 Å². The topological polar surface area (TPSA) is 210 Å². The molecule has 0 spiro atoms. The van der Waals surface area contributed by atoms with Gasteiger partial charge in [0.1, 0.15) is 0 Å². The lowest BCUT2D eigenvalue weighted by Gasteiger charge is -1.93. The molecular formula is H4I2O9. The van der Waals surface area contributed by atoms with E-state index >= 15 is 0 Å². The quantitative estimate of drug-likeness (QED) is 0.371. The molecule has 0 heterocycles. The Balaban J connectivity index is -0.000000107. The van der Waals surface area contributed by atoms with Gasteiger partial charge in [-0.2, -0.15) is 0 Å². The van der Waals surface area contributed by atoms with Crippen LogP contribution in [0.4, 0.5) is 0 Å². The van der Waals surface area contributed by atoms with Gasteiger partial charge in [-0.3, -0.25) is 20.6 Å². The van der Waals surface area contributed by atoms with Gasteiger partial charge in [0.15, 0.2) is 0 Å². The molecule has 0 atom stereocenters. The third-order valence-electron chi connectivity index (χ3n) is 0.